The zero-order valence-electron chi connectivity index (χ0n) is 35.4. The second kappa shape index (κ2) is 13.8. The maximum Gasteiger partial charge on any atom is 0.143 e. The number of rotatable bonds is 5. The number of fused-ring (bicyclic) bond motifs is 16. The molecule has 11 aromatic carbocycles. The first-order valence-electron chi connectivity index (χ1n) is 22.5. The van der Waals surface area contributed by atoms with Gasteiger partial charge in [0.25, 0.3) is 0 Å². The molecule has 0 N–H and O–H groups in total. The van der Waals surface area contributed by atoms with Crippen molar-refractivity contribution in [1.29, 1.82) is 0 Å². The Kier molecular flexibility index (Phi) is 7.64. The van der Waals surface area contributed by atoms with Crippen LogP contribution >= 0.6 is 0 Å². The molecule has 0 aliphatic heterocycles. The van der Waals surface area contributed by atoms with Gasteiger partial charge in [-0.3, -0.25) is 0 Å². The van der Waals surface area contributed by atoms with Gasteiger partial charge in [-0.1, -0.05) is 194 Å². The molecule has 2 heteroatoms. The Bertz CT molecular complexity index is 3830. The maximum atomic E-state index is 6.56. The number of anilines is 3. The van der Waals surface area contributed by atoms with Crippen LogP contribution in [0.1, 0.15) is 22.3 Å². The minimum atomic E-state index is -0.451. The number of para-hydroxylation sites is 1. The second-order valence-corrected chi connectivity index (χ2v) is 17.5. The van der Waals surface area contributed by atoms with E-state index in [0.717, 1.165) is 61.3 Å². The van der Waals surface area contributed by atoms with Gasteiger partial charge >= 0.3 is 0 Å². The van der Waals surface area contributed by atoms with Crippen LogP contribution in [-0.2, 0) is 5.41 Å². The molecule has 2 aliphatic rings. The molecule has 302 valence electrons. The Hall–Kier alpha value is -8.46. The molecule has 0 saturated heterocycles. The largest absolute Gasteiger partial charge is 0.455 e. The van der Waals surface area contributed by atoms with Gasteiger partial charge in [-0.15, -0.1) is 0 Å². The summed E-state index contributed by atoms with van der Waals surface area (Å²) in [6, 6.07) is 87.1. The van der Waals surface area contributed by atoms with E-state index in [9.17, 15) is 0 Å². The highest BCUT2D eigenvalue weighted by atomic mass is 16.3. The van der Waals surface area contributed by atoms with Gasteiger partial charge in [0.1, 0.15) is 11.2 Å². The SMILES string of the molecule is c1ccc(-c2cccc3c2oc2ccc(-c4ccc(N(c5ccc6c(c5)C5(c7ccccc7-c7ccccc75)c5ccccc5-6)c5cc6ccccc6c6ccccc56)cc4)cc23)cc1. The lowest BCUT2D eigenvalue weighted by atomic mass is 9.70. The fourth-order valence-electron chi connectivity index (χ4n) is 11.5. The van der Waals surface area contributed by atoms with Gasteiger partial charge in [0, 0.05) is 33.1 Å². The van der Waals surface area contributed by atoms with Crippen molar-refractivity contribution in [2.75, 3.05) is 4.90 Å². The first-order valence-corrected chi connectivity index (χ1v) is 22.5. The average Bonchev–Trinajstić information content (AvgIpc) is 4.01. The molecule has 2 nitrogen and oxygen atoms in total. The molecule has 1 heterocycles. The molecule has 14 rings (SSSR count). The van der Waals surface area contributed by atoms with Crippen LogP contribution in [0.3, 0.4) is 0 Å². The van der Waals surface area contributed by atoms with Crippen LogP contribution in [0, 0.1) is 0 Å². The highest BCUT2D eigenvalue weighted by molar-refractivity contribution is 6.15. The summed E-state index contributed by atoms with van der Waals surface area (Å²) in [7, 11) is 0. The molecule has 0 saturated carbocycles. The van der Waals surface area contributed by atoms with E-state index < -0.39 is 5.41 Å². The van der Waals surface area contributed by atoms with Gasteiger partial charge in [-0.25, -0.2) is 0 Å². The Morgan fingerprint density at radius 3 is 1.58 bits per heavy atom. The van der Waals surface area contributed by atoms with Crippen LogP contribution < -0.4 is 4.90 Å². The Labute approximate surface area is 376 Å². The van der Waals surface area contributed by atoms with Crippen molar-refractivity contribution in [1.82, 2.24) is 0 Å². The van der Waals surface area contributed by atoms with Crippen LogP contribution in [0.4, 0.5) is 17.1 Å². The van der Waals surface area contributed by atoms with Gasteiger partial charge in [0.05, 0.1) is 11.1 Å². The number of hydrogen-bond acceptors (Lipinski definition) is 2. The third-order valence-electron chi connectivity index (χ3n) is 14.3. The van der Waals surface area contributed by atoms with Crippen LogP contribution in [0.5, 0.6) is 0 Å². The van der Waals surface area contributed by atoms with E-state index in [0.29, 0.717) is 0 Å². The fraction of sp³-hybridized carbons (Fsp3) is 0.0159. The van der Waals surface area contributed by atoms with Crippen molar-refractivity contribution in [2.45, 2.75) is 5.41 Å². The Morgan fingerprint density at radius 1 is 0.308 bits per heavy atom. The van der Waals surface area contributed by atoms with E-state index in [4.69, 9.17) is 4.42 Å². The van der Waals surface area contributed by atoms with E-state index in [1.807, 2.05) is 0 Å². The second-order valence-electron chi connectivity index (χ2n) is 17.5. The Balaban J connectivity index is 0.968. The van der Waals surface area contributed by atoms with Gasteiger partial charge in [0.2, 0.25) is 0 Å². The first-order chi connectivity index (χ1) is 32.2. The molecule has 0 unspecified atom stereocenters. The van der Waals surface area contributed by atoms with Crippen molar-refractivity contribution in [3.05, 3.63) is 259 Å². The summed E-state index contributed by atoms with van der Waals surface area (Å²) in [5.41, 5.74) is 19.8. The zero-order chi connectivity index (χ0) is 42.6. The standard InChI is InChI=1S/C63H39NO/c1-2-15-41(16-3-1)47-24-14-25-54-55-37-42(31-36-61(55)65-62(47)54)40-29-32-44(33-30-40)64(60-38-43-17-4-5-18-46(43)48-19-6-7-23-53(48)60)45-34-35-52-51-22-10-13-28-58(51)63(59(52)39-45)56-26-11-8-20-49(56)50-21-9-12-27-57(50)63/h1-39H. The lowest BCUT2D eigenvalue weighted by molar-refractivity contribution is 0.670. The topological polar surface area (TPSA) is 16.4 Å². The van der Waals surface area contributed by atoms with Crippen LogP contribution in [0.15, 0.2) is 241 Å². The minimum Gasteiger partial charge on any atom is -0.455 e. The van der Waals surface area contributed by atoms with Crippen molar-refractivity contribution in [3.8, 4) is 44.5 Å². The van der Waals surface area contributed by atoms with Crippen molar-refractivity contribution < 1.29 is 4.42 Å². The van der Waals surface area contributed by atoms with Crippen molar-refractivity contribution >= 4 is 60.5 Å². The summed E-state index contributed by atoms with van der Waals surface area (Å²) in [6.45, 7) is 0. The average molecular weight is 826 g/mol. The number of nitrogens with zero attached hydrogens (tertiary/aromatic N) is 1. The molecule has 0 fully saturated rings. The summed E-state index contributed by atoms with van der Waals surface area (Å²) in [5, 5.41) is 7.15. The van der Waals surface area contributed by atoms with E-state index in [-0.39, 0.29) is 0 Å². The number of benzene rings is 11. The van der Waals surface area contributed by atoms with Gasteiger partial charge in [-0.05, 0) is 120 Å². The highest BCUT2D eigenvalue weighted by Crippen LogP contribution is 2.63. The predicted octanol–water partition coefficient (Wildman–Crippen LogP) is 17.0. The lowest BCUT2D eigenvalue weighted by Crippen LogP contribution is -2.26. The molecule has 1 spiro atoms. The minimum absolute atomic E-state index is 0.451. The van der Waals surface area contributed by atoms with E-state index in [1.54, 1.807) is 0 Å². The first kappa shape index (κ1) is 36.1. The summed E-state index contributed by atoms with van der Waals surface area (Å²) < 4.78 is 6.56. The van der Waals surface area contributed by atoms with Crippen molar-refractivity contribution in [3.63, 3.8) is 0 Å². The lowest BCUT2D eigenvalue weighted by Gasteiger charge is -2.32. The molecule has 12 aromatic rings. The summed E-state index contributed by atoms with van der Waals surface area (Å²) in [5.74, 6) is 0. The molecule has 65 heavy (non-hydrogen) atoms. The maximum absolute atomic E-state index is 6.56. The molecule has 0 atom stereocenters. The summed E-state index contributed by atoms with van der Waals surface area (Å²) in [6.07, 6.45) is 0. The Morgan fingerprint density at radius 2 is 0.862 bits per heavy atom. The number of hydrogen-bond donors (Lipinski definition) is 0. The molecule has 2 aliphatic carbocycles. The van der Waals surface area contributed by atoms with Gasteiger partial charge in [0.15, 0.2) is 0 Å². The van der Waals surface area contributed by atoms with Crippen molar-refractivity contribution in [2.24, 2.45) is 0 Å². The smallest absolute Gasteiger partial charge is 0.143 e. The number of furan rings is 1. The summed E-state index contributed by atoms with van der Waals surface area (Å²) in [4.78, 5) is 2.49. The molecular formula is C63H39NO. The molecule has 0 radical (unpaired) electrons. The molecule has 0 bridgehead atoms. The van der Waals surface area contributed by atoms with Crippen LogP contribution in [0.25, 0.3) is 88.0 Å². The third-order valence-corrected chi connectivity index (χ3v) is 14.3. The highest BCUT2D eigenvalue weighted by Gasteiger charge is 2.51. The summed E-state index contributed by atoms with van der Waals surface area (Å²) >= 11 is 0. The molecular weight excluding hydrogens is 787 g/mol. The predicted molar refractivity (Wildman–Crippen MR) is 271 cm³/mol. The van der Waals surface area contributed by atoms with Gasteiger partial charge in [-0.2, -0.15) is 0 Å². The third kappa shape index (κ3) is 5.11. The quantitative estimate of drug-likeness (QED) is 0.161. The fourth-order valence-corrected chi connectivity index (χ4v) is 11.5. The van der Waals surface area contributed by atoms with Crippen LogP contribution in [0.2, 0.25) is 0 Å². The monoisotopic (exact) mass is 825 g/mol. The normalized spacial score (nSPS) is 13.0. The van der Waals surface area contributed by atoms with E-state index in [2.05, 4.69) is 241 Å². The molecule has 1 aromatic heterocycles. The zero-order valence-corrected chi connectivity index (χ0v) is 35.4. The van der Waals surface area contributed by atoms with E-state index >= 15 is 0 Å². The van der Waals surface area contributed by atoms with E-state index in [1.165, 1.54) is 66.1 Å². The molecule has 0 amide bonds. The van der Waals surface area contributed by atoms with Gasteiger partial charge < -0.3 is 9.32 Å². The van der Waals surface area contributed by atoms with Crippen LogP contribution in [-0.4, -0.2) is 0 Å².